The molecule has 5 aromatic rings. The molecule has 0 unspecified atom stereocenters. The Balaban J connectivity index is 1.47. The Morgan fingerprint density at radius 3 is 2.74 bits per heavy atom. The lowest BCUT2D eigenvalue weighted by Gasteiger charge is -2.28. The molecule has 0 fully saturated rings. The molecule has 0 saturated heterocycles. The lowest BCUT2D eigenvalue weighted by atomic mass is 10.0. The Morgan fingerprint density at radius 1 is 1.03 bits per heavy atom. The number of likely N-dealkylation sites (N-methyl/N-ethyl adjacent to an activating group) is 1. The quantitative estimate of drug-likeness (QED) is 0.325. The number of carbonyl (C=O) groups excluding carboxylic acids is 1. The Hall–Kier alpha value is -4.93. The number of imidazole rings is 1. The van der Waals surface area contributed by atoms with Gasteiger partial charge in [0.15, 0.2) is 0 Å². The molecule has 1 aliphatic heterocycles. The Kier molecular flexibility index (Phi) is 6.54. The van der Waals surface area contributed by atoms with E-state index in [2.05, 4.69) is 25.8 Å². The van der Waals surface area contributed by atoms with Gasteiger partial charge in [-0.2, -0.15) is 5.26 Å². The number of hydrogen-bond donors (Lipinski definition) is 1. The fraction of sp³-hybridized carbons (Fsp3) is 0.156. The van der Waals surface area contributed by atoms with Crippen LogP contribution in [0.1, 0.15) is 22.4 Å². The van der Waals surface area contributed by atoms with Crippen molar-refractivity contribution in [3.63, 3.8) is 0 Å². The van der Waals surface area contributed by atoms with Crippen molar-refractivity contribution in [3.8, 4) is 17.6 Å². The largest absolute Gasteiger partial charge is 0.456 e. The zero-order chi connectivity index (χ0) is 26.8. The fourth-order valence-corrected chi connectivity index (χ4v) is 5.08. The van der Waals surface area contributed by atoms with Crippen LogP contribution in [0.5, 0.6) is 11.5 Å². The molecule has 1 N–H and O–H groups in total. The third kappa shape index (κ3) is 5.11. The molecule has 0 saturated carbocycles. The van der Waals surface area contributed by atoms with Gasteiger partial charge < -0.3 is 14.6 Å². The van der Waals surface area contributed by atoms with Crippen LogP contribution in [0.3, 0.4) is 0 Å². The maximum absolute atomic E-state index is 13.9. The van der Waals surface area contributed by atoms with Gasteiger partial charge in [0.05, 0.1) is 23.6 Å². The van der Waals surface area contributed by atoms with E-state index in [1.807, 2.05) is 92.1 Å². The maximum atomic E-state index is 13.9. The SMILES string of the molecule is CN1Cc2cncn2Cc2ccc(C#N)c(c2)Oc2ccc3cccc(c3c2)NC(=O)[C@@H]1Cc1ccccc1. The topological polar surface area (TPSA) is 83.2 Å². The second-order valence-electron chi connectivity index (χ2n) is 9.86. The molecule has 4 bridgehead atoms. The molecule has 1 amide bonds. The van der Waals surface area contributed by atoms with Crippen molar-refractivity contribution in [2.45, 2.75) is 25.6 Å². The van der Waals surface area contributed by atoms with Gasteiger partial charge in [0, 0.05) is 30.4 Å². The minimum absolute atomic E-state index is 0.0877. The molecule has 1 aromatic heterocycles. The summed E-state index contributed by atoms with van der Waals surface area (Å²) in [6.07, 6.45) is 4.20. The highest BCUT2D eigenvalue weighted by molar-refractivity contribution is 6.04. The predicted octanol–water partition coefficient (Wildman–Crippen LogP) is 5.74. The van der Waals surface area contributed by atoms with Crippen LogP contribution in [0.25, 0.3) is 10.8 Å². The van der Waals surface area contributed by atoms with Crippen LogP contribution in [0.2, 0.25) is 0 Å². The molecular weight excluding hydrogens is 486 g/mol. The first-order valence-corrected chi connectivity index (χ1v) is 12.8. The van der Waals surface area contributed by atoms with Gasteiger partial charge in [0.25, 0.3) is 0 Å². The molecule has 7 heteroatoms. The van der Waals surface area contributed by atoms with E-state index in [9.17, 15) is 10.1 Å². The molecule has 0 spiro atoms. The number of fused-ring (bicyclic) bond motifs is 4. The monoisotopic (exact) mass is 513 g/mol. The summed E-state index contributed by atoms with van der Waals surface area (Å²) in [5.74, 6) is 0.992. The van der Waals surface area contributed by atoms with Crippen LogP contribution in [0, 0.1) is 11.3 Å². The van der Waals surface area contributed by atoms with Crippen LogP contribution in [-0.2, 0) is 24.3 Å². The van der Waals surface area contributed by atoms with Gasteiger partial charge in [-0.1, -0.05) is 54.6 Å². The Morgan fingerprint density at radius 2 is 1.90 bits per heavy atom. The maximum Gasteiger partial charge on any atom is 0.242 e. The van der Waals surface area contributed by atoms with Crippen molar-refractivity contribution >= 4 is 22.4 Å². The third-order valence-corrected chi connectivity index (χ3v) is 7.18. The molecule has 6 rings (SSSR count). The summed E-state index contributed by atoms with van der Waals surface area (Å²) in [6.45, 7) is 1.09. The molecule has 0 radical (unpaired) electrons. The summed E-state index contributed by atoms with van der Waals surface area (Å²) in [7, 11) is 1.97. The number of amides is 1. The van der Waals surface area contributed by atoms with E-state index in [-0.39, 0.29) is 5.91 Å². The third-order valence-electron chi connectivity index (χ3n) is 7.18. The number of aromatic nitrogens is 2. The number of anilines is 1. The molecular formula is C32H27N5O2. The van der Waals surface area contributed by atoms with Crippen molar-refractivity contribution in [1.29, 1.82) is 5.26 Å². The van der Waals surface area contributed by atoms with Crippen LogP contribution >= 0.6 is 0 Å². The summed E-state index contributed by atoms with van der Waals surface area (Å²) in [6, 6.07) is 29.1. The predicted molar refractivity (Wildman–Crippen MR) is 151 cm³/mol. The standard InChI is InChI=1S/C32H27N5O2/c1-36-20-26-18-34-21-37(26)19-23-10-11-25(17-33)31(15-23)39-27-13-12-24-8-5-9-29(28(24)16-27)35-32(38)30(36)14-22-6-3-2-4-7-22/h2-13,15-16,18,21,30H,14,19-20H2,1H3,(H,35,38)/t30-/m0/s1. The van der Waals surface area contributed by atoms with Crippen LogP contribution < -0.4 is 10.1 Å². The number of carbonyl (C=O) groups is 1. The molecule has 7 nitrogen and oxygen atoms in total. The average Bonchev–Trinajstić information content (AvgIpc) is 3.38. The van der Waals surface area contributed by atoms with Crippen molar-refractivity contribution in [2.24, 2.45) is 0 Å². The second kappa shape index (κ2) is 10.4. The van der Waals surface area contributed by atoms with Gasteiger partial charge in [0.2, 0.25) is 5.91 Å². The smallest absolute Gasteiger partial charge is 0.242 e. The van der Waals surface area contributed by atoms with Gasteiger partial charge in [0.1, 0.15) is 17.6 Å². The summed E-state index contributed by atoms with van der Waals surface area (Å²) < 4.78 is 8.31. The van der Waals surface area contributed by atoms with Crippen LogP contribution in [0.15, 0.2) is 97.5 Å². The minimum Gasteiger partial charge on any atom is -0.456 e. The number of hydrogen-bond acceptors (Lipinski definition) is 5. The van der Waals surface area contributed by atoms with E-state index < -0.39 is 6.04 Å². The zero-order valence-corrected chi connectivity index (χ0v) is 21.5. The molecule has 1 aliphatic rings. The summed E-state index contributed by atoms with van der Waals surface area (Å²) >= 11 is 0. The van der Waals surface area contributed by atoms with E-state index in [1.165, 1.54) is 0 Å². The molecule has 2 heterocycles. The molecule has 1 atom stereocenters. The van der Waals surface area contributed by atoms with E-state index in [1.54, 1.807) is 12.4 Å². The zero-order valence-electron chi connectivity index (χ0n) is 21.5. The highest BCUT2D eigenvalue weighted by Gasteiger charge is 2.25. The van der Waals surface area contributed by atoms with Crippen LogP contribution in [-0.4, -0.2) is 33.4 Å². The number of ether oxygens (including phenoxy) is 1. The Bertz CT molecular complexity index is 1700. The van der Waals surface area contributed by atoms with E-state index >= 15 is 0 Å². The van der Waals surface area contributed by atoms with E-state index in [4.69, 9.17) is 4.74 Å². The Labute approximate surface area is 226 Å². The highest BCUT2D eigenvalue weighted by atomic mass is 16.5. The van der Waals surface area contributed by atoms with Gasteiger partial charge in [-0.15, -0.1) is 0 Å². The summed E-state index contributed by atoms with van der Waals surface area (Å²) in [5, 5.41) is 14.7. The molecule has 0 aliphatic carbocycles. The van der Waals surface area contributed by atoms with Crippen molar-refractivity contribution in [1.82, 2.24) is 14.5 Å². The van der Waals surface area contributed by atoms with Crippen molar-refractivity contribution in [2.75, 3.05) is 12.4 Å². The molecule has 39 heavy (non-hydrogen) atoms. The number of rotatable bonds is 2. The van der Waals surface area contributed by atoms with Gasteiger partial charge in [-0.05, 0) is 60.3 Å². The van der Waals surface area contributed by atoms with Gasteiger partial charge in [-0.3, -0.25) is 9.69 Å². The second-order valence-corrected chi connectivity index (χ2v) is 9.86. The highest BCUT2D eigenvalue weighted by Crippen LogP contribution is 2.32. The number of benzene rings is 4. The van der Waals surface area contributed by atoms with Gasteiger partial charge in [-0.25, -0.2) is 4.98 Å². The first-order chi connectivity index (χ1) is 19.1. The average molecular weight is 514 g/mol. The summed E-state index contributed by atoms with van der Waals surface area (Å²) in [4.78, 5) is 20.3. The number of nitrogens with one attached hydrogen (secondary N) is 1. The number of nitriles is 1. The molecule has 4 aromatic carbocycles. The minimum atomic E-state index is -0.417. The normalized spacial score (nSPS) is 15.8. The lowest BCUT2D eigenvalue weighted by molar-refractivity contribution is -0.121. The van der Waals surface area contributed by atoms with E-state index in [0.29, 0.717) is 42.3 Å². The lowest BCUT2D eigenvalue weighted by Crippen LogP contribution is -2.43. The number of nitrogens with zero attached hydrogens (tertiary/aromatic N) is 4. The van der Waals surface area contributed by atoms with Crippen LogP contribution in [0.4, 0.5) is 5.69 Å². The summed E-state index contributed by atoms with van der Waals surface area (Å²) in [5.41, 5.74) is 4.22. The first kappa shape index (κ1) is 24.4. The first-order valence-electron chi connectivity index (χ1n) is 12.8. The fourth-order valence-electron chi connectivity index (χ4n) is 5.08. The van der Waals surface area contributed by atoms with E-state index in [0.717, 1.165) is 27.6 Å². The van der Waals surface area contributed by atoms with Gasteiger partial charge >= 0.3 is 0 Å². The molecule has 192 valence electrons. The van der Waals surface area contributed by atoms with Crippen molar-refractivity contribution in [3.05, 3.63) is 120 Å². The van der Waals surface area contributed by atoms with Crippen molar-refractivity contribution < 1.29 is 9.53 Å².